The molecule has 0 aliphatic heterocycles. The van der Waals surface area contributed by atoms with E-state index in [0.717, 1.165) is 5.39 Å². The number of halogens is 1. The Labute approximate surface area is 91.5 Å². The zero-order valence-corrected chi connectivity index (χ0v) is 8.67. The lowest BCUT2D eigenvalue weighted by Gasteiger charge is -1.95. The van der Waals surface area contributed by atoms with Gasteiger partial charge < -0.3 is 4.98 Å². The second-order valence-corrected chi connectivity index (χ2v) is 3.63. The number of Topliss-reactive ketones (excluding diaryl/α,β-unsaturated/α-hetero) is 1. The van der Waals surface area contributed by atoms with Gasteiger partial charge in [0.1, 0.15) is 12.2 Å². The standard InChI is InChI=1S/C12H9FN2O/c1-7-4-8-5-11(12(16)2-3-14)15-10(8)6-9(7)13/h4-6,15H,2H2,1H3. The van der Waals surface area contributed by atoms with Gasteiger partial charge in [-0.1, -0.05) is 0 Å². The van der Waals surface area contributed by atoms with Crippen molar-refractivity contribution in [3.63, 3.8) is 0 Å². The zero-order chi connectivity index (χ0) is 11.7. The molecule has 1 aromatic heterocycles. The van der Waals surface area contributed by atoms with Gasteiger partial charge in [-0.15, -0.1) is 0 Å². The molecule has 2 aromatic rings. The van der Waals surface area contributed by atoms with Gasteiger partial charge in [0.2, 0.25) is 0 Å². The smallest absolute Gasteiger partial charge is 0.193 e. The molecule has 1 N–H and O–H groups in total. The number of nitrogens with zero attached hydrogens (tertiary/aromatic N) is 1. The fraction of sp³-hybridized carbons (Fsp3) is 0.167. The van der Waals surface area contributed by atoms with E-state index in [2.05, 4.69) is 4.98 Å². The Balaban J connectivity index is 2.53. The molecule has 0 aliphatic rings. The molecule has 0 saturated heterocycles. The summed E-state index contributed by atoms with van der Waals surface area (Å²) in [4.78, 5) is 14.2. The maximum atomic E-state index is 13.2. The molecule has 80 valence electrons. The number of carbonyl (C=O) groups excluding carboxylic acids is 1. The summed E-state index contributed by atoms with van der Waals surface area (Å²) >= 11 is 0. The summed E-state index contributed by atoms with van der Waals surface area (Å²) < 4.78 is 13.2. The van der Waals surface area contributed by atoms with Crippen molar-refractivity contribution in [2.75, 3.05) is 0 Å². The molecule has 1 aromatic carbocycles. The number of ketones is 1. The van der Waals surface area contributed by atoms with E-state index in [0.29, 0.717) is 16.8 Å². The normalized spacial score (nSPS) is 10.3. The minimum atomic E-state index is -0.311. The topological polar surface area (TPSA) is 56.6 Å². The van der Waals surface area contributed by atoms with E-state index in [-0.39, 0.29) is 18.0 Å². The fourth-order valence-corrected chi connectivity index (χ4v) is 1.59. The number of nitriles is 1. The Hall–Kier alpha value is -2.15. The third-order valence-corrected chi connectivity index (χ3v) is 2.44. The molecule has 0 amide bonds. The Kier molecular flexibility index (Phi) is 2.45. The maximum Gasteiger partial charge on any atom is 0.193 e. The predicted molar refractivity (Wildman–Crippen MR) is 57.6 cm³/mol. The summed E-state index contributed by atoms with van der Waals surface area (Å²) in [6.45, 7) is 1.67. The van der Waals surface area contributed by atoms with Crippen LogP contribution in [0.15, 0.2) is 18.2 Å². The van der Waals surface area contributed by atoms with Gasteiger partial charge in [0.25, 0.3) is 0 Å². The van der Waals surface area contributed by atoms with Crippen LogP contribution in [0.5, 0.6) is 0 Å². The minimum absolute atomic E-state index is 0.172. The van der Waals surface area contributed by atoms with Crippen molar-refractivity contribution in [1.82, 2.24) is 4.98 Å². The van der Waals surface area contributed by atoms with E-state index in [4.69, 9.17) is 5.26 Å². The summed E-state index contributed by atoms with van der Waals surface area (Å²) in [5.41, 5.74) is 1.46. The number of aryl methyl sites for hydroxylation is 1. The molecule has 0 atom stereocenters. The van der Waals surface area contributed by atoms with Gasteiger partial charge in [-0.05, 0) is 30.7 Å². The Morgan fingerprint density at radius 2 is 2.25 bits per heavy atom. The second-order valence-electron chi connectivity index (χ2n) is 3.63. The van der Waals surface area contributed by atoms with Crippen molar-refractivity contribution in [1.29, 1.82) is 5.26 Å². The summed E-state index contributed by atoms with van der Waals surface area (Å²) in [5.74, 6) is -0.592. The number of nitrogens with one attached hydrogen (secondary N) is 1. The number of H-pyrrole nitrogens is 1. The molecular formula is C12H9FN2O. The number of carbonyl (C=O) groups is 1. The van der Waals surface area contributed by atoms with Crippen LogP contribution < -0.4 is 0 Å². The molecule has 4 heteroatoms. The number of rotatable bonds is 2. The number of hydrogen-bond donors (Lipinski definition) is 1. The van der Waals surface area contributed by atoms with Gasteiger partial charge in [-0.25, -0.2) is 4.39 Å². The first-order valence-corrected chi connectivity index (χ1v) is 4.81. The molecule has 0 spiro atoms. The van der Waals surface area contributed by atoms with Crippen LogP contribution in [0, 0.1) is 24.1 Å². The SMILES string of the molecule is Cc1cc2cc(C(=O)CC#N)[nH]c2cc1F. The van der Waals surface area contributed by atoms with Crippen LogP contribution in [0.25, 0.3) is 10.9 Å². The van der Waals surface area contributed by atoms with Crippen LogP contribution in [0.1, 0.15) is 22.5 Å². The highest BCUT2D eigenvalue weighted by Crippen LogP contribution is 2.20. The largest absolute Gasteiger partial charge is 0.352 e. The van der Waals surface area contributed by atoms with Crippen molar-refractivity contribution >= 4 is 16.7 Å². The first-order valence-electron chi connectivity index (χ1n) is 4.81. The molecule has 3 nitrogen and oxygen atoms in total. The molecule has 2 rings (SSSR count). The second kappa shape index (κ2) is 3.78. The first-order chi connectivity index (χ1) is 7.61. The predicted octanol–water partition coefficient (Wildman–Crippen LogP) is 2.71. The number of fused-ring (bicyclic) bond motifs is 1. The van der Waals surface area contributed by atoms with E-state index < -0.39 is 0 Å². The average Bonchev–Trinajstić information content (AvgIpc) is 2.62. The Bertz CT molecular complexity index is 568. The Morgan fingerprint density at radius 3 is 2.94 bits per heavy atom. The Morgan fingerprint density at radius 1 is 1.50 bits per heavy atom. The molecule has 0 aliphatic carbocycles. The summed E-state index contributed by atoms with van der Waals surface area (Å²) in [6.07, 6.45) is -0.172. The van der Waals surface area contributed by atoms with Crippen LogP contribution in [-0.4, -0.2) is 10.8 Å². The zero-order valence-electron chi connectivity index (χ0n) is 8.67. The van der Waals surface area contributed by atoms with Crippen LogP contribution in [-0.2, 0) is 0 Å². The fourth-order valence-electron chi connectivity index (χ4n) is 1.59. The van der Waals surface area contributed by atoms with Crippen LogP contribution in [0.4, 0.5) is 4.39 Å². The molecule has 0 bridgehead atoms. The van der Waals surface area contributed by atoms with Gasteiger partial charge in [0.15, 0.2) is 5.78 Å². The first kappa shape index (κ1) is 10.4. The summed E-state index contributed by atoms with van der Waals surface area (Å²) in [5, 5.41) is 9.19. The molecule has 0 unspecified atom stereocenters. The van der Waals surface area contributed by atoms with Gasteiger partial charge in [0, 0.05) is 10.9 Å². The lowest BCUT2D eigenvalue weighted by Crippen LogP contribution is -1.96. The lowest BCUT2D eigenvalue weighted by atomic mass is 10.1. The van der Waals surface area contributed by atoms with Crippen molar-refractivity contribution in [3.8, 4) is 6.07 Å². The monoisotopic (exact) mass is 216 g/mol. The third kappa shape index (κ3) is 1.68. The van der Waals surface area contributed by atoms with Gasteiger partial charge >= 0.3 is 0 Å². The molecule has 0 radical (unpaired) electrons. The number of aromatic nitrogens is 1. The van der Waals surface area contributed by atoms with E-state index in [1.54, 1.807) is 25.1 Å². The van der Waals surface area contributed by atoms with Gasteiger partial charge in [-0.2, -0.15) is 5.26 Å². The highest BCUT2D eigenvalue weighted by atomic mass is 19.1. The summed E-state index contributed by atoms with van der Waals surface area (Å²) in [7, 11) is 0. The number of hydrogen-bond acceptors (Lipinski definition) is 2. The van der Waals surface area contributed by atoms with Crippen molar-refractivity contribution in [3.05, 3.63) is 35.3 Å². The van der Waals surface area contributed by atoms with Gasteiger partial charge in [0.05, 0.1) is 11.8 Å². The quantitative estimate of drug-likeness (QED) is 0.784. The highest BCUT2D eigenvalue weighted by molar-refractivity contribution is 6.00. The van der Waals surface area contributed by atoms with E-state index >= 15 is 0 Å². The van der Waals surface area contributed by atoms with Crippen molar-refractivity contribution in [2.45, 2.75) is 13.3 Å². The molecule has 0 fully saturated rings. The summed E-state index contributed by atoms with van der Waals surface area (Å²) in [6, 6.07) is 6.46. The molecular weight excluding hydrogens is 207 g/mol. The van der Waals surface area contributed by atoms with E-state index in [9.17, 15) is 9.18 Å². The minimum Gasteiger partial charge on any atom is -0.352 e. The van der Waals surface area contributed by atoms with Crippen LogP contribution >= 0.6 is 0 Å². The van der Waals surface area contributed by atoms with Crippen molar-refractivity contribution < 1.29 is 9.18 Å². The maximum absolute atomic E-state index is 13.2. The van der Waals surface area contributed by atoms with Crippen molar-refractivity contribution in [2.24, 2.45) is 0 Å². The van der Waals surface area contributed by atoms with Crippen LogP contribution in [0.2, 0.25) is 0 Å². The molecule has 16 heavy (non-hydrogen) atoms. The molecule has 0 saturated carbocycles. The van der Waals surface area contributed by atoms with Crippen LogP contribution in [0.3, 0.4) is 0 Å². The van der Waals surface area contributed by atoms with E-state index in [1.165, 1.54) is 6.07 Å². The number of aromatic amines is 1. The highest BCUT2D eigenvalue weighted by Gasteiger charge is 2.10. The number of benzene rings is 1. The van der Waals surface area contributed by atoms with E-state index in [1.807, 2.05) is 0 Å². The lowest BCUT2D eigenvalue weighted by molar-refractivity contribution is 0.0994. The molecule has 1 heterocycles. The van der Waals surface area contributed by atoms with Gasteiger partial charge in [-0.3, -0.25) is 4.79 Å². The third-order valence-electron chi connectivity index (χ3n) is 2.44. The average molecular weight is 216 g/mol.